The van der Waals surface area contributed by atoms with E-state index in [-0.39, 0.29) is 5.91 Å². The van der Waals surface area contributed by atoms with Crippen molar-refractivity contribution < 1.29 is 4.79 Å². The molecule has 0 unspecified atom stereocenters. The van der Waals surface area contributed by atoms with Crippen LogP contribution in [-0.4, -0.2) is 11.6 Å². The highest BCUT2D eigenvalue weighted by Crippen LogP contribution is 2.15. The summed E-state index contributed by atoms with van der Waals surface area (Å²) in [6.45, 7) is 4.07. The van der Waals surface area contributed by atoms with Crippen molar-refractivity contribution in [3.05, 3.63) is 34.9 Å². The predicted octanol–water partition coefficient (Wildman–Crippen LogP) is 4.13. The summed E-state index contributed by atoms with van der Waals surface area (Å²) in [7, 11) is 0. The lowest BCUT2D eigenvalue weighted by atomic mass is 9.99. The van der Waals surface area contributed by atoms with Gasteiger partial charge in [0, 0.05) is 11.3 Å². The second-order valence-electron chi connectivity index (χ2n) is 5.69. The fourth-order valence-electron chi connectivity index (χ4n) is 2.50. The Hall–Kier alpha value is -1.64. The quantitative estimate of drug-likeness (QED) is 0.808. The molecule has 3 heteroatoms. The third-order valence-electron chi connectivity index (χ3n) is 4.02. The van der Waals surface area contributed by atoms with E-state index in [4.69, 9.17) is 0 Å². The molecule has 0 spiro atoms. The Morgan fingerprint density at radius 2 is 1.65 bits per heavy atom. The summed E-state index contributed by atoms with van der Waals surface area (Å²) in [5, 5.41) is 4.33. The molecule has 0 atom stereocenters. The molecule has 0 saturated heterocycles. The van der Waals surface area contributed by atoms with Gasteiger partial charge in [-0.3, -0.25) is 4.79 Å². The van der Waals surface area contributed by atoms with Gasteiger partial charge in [0.2, 0.25) is 0 Å². The number of hydrogen-bond acceptors (Lipinski definition) is 2. The summed E-state index contributed by atoms with van der Waals surface area (Å²) in [5.41, 5.74) is 6.87. The Morgan fingerprint density at radius 1 is 1.00 bits per heavy atom. The first kappa shape index (κ1) is 14.8. The van der Waals surface area contributed by atoms with Gasteiger partial charge in [-0.1, -0.05) is 25.3 Å². The number of aryl methyl sites for hydroxylation is 2. The standard InChI is InChI=1S/C17H24N2O/c1-13-10-11-15(12-14(13)2)17(20)19-18-16-8-6-4-3-5-7-9-16/h10-12H,3-9H2,1-2H3,(H,19,20). The maximum absolute atomic E-state index is 12.1. The van der Waals surface area contributed by atoms with Crippen LogP contribution in [0.1, 0.15) is 66.4 Å². The molecule has 1 saturated carbocycles. The van der Waals surface area contributed by atoms with Gasteiger partial charge in [-0.15, -0.1) is 0 Å². The minimum atomic E-state index is -0.109. The number of nitrogens with one attached hydrogen (secondary N) is 1. The van der Waals surface area contributed by atoms with Crippen LogP contribution in [0.2, 0.25) is 0 Å². The van der Waals surface area contributed by atoms with Crippen LogP contribution in [0.15, 0.2) is 23.3 Å². The summed E-state index contributed by atoms with van der Waals surface area (Å²) in [6.07, 6.45) is 8.33. The Balaban J connectivity index is 1.97. The fourth-order valence-corrected chi connectivity index (χ4v) is 2.50. The van der Waals surface area contributed by atoms with Crippen LogP contribution in [0, 0.1) is 13.8 Å². The second kappa shape index (κ2) is 7.22. The van der Waals surface area contributed by atoms with Crippen molar-refractivity contribution in [2.45, 2.75) is 58.8 Å². The number of hydrogen-bond donors (Lipinski definition) is 1. The van der Waals surface area contributed by atoms with Crippen molar-refractivity contribution >= 4 is 11.6 Å². The van der Waals surface area contributed by atoms with E-state index in [1.807, 2.05) is 32.0 Å². The number of amides is 1. The summed E-state index contributed by atoms with van der Waals surface area (Å²) in [5.74, 6) is -0.109. The molecular weight excluding hydrogens is 248 g/mol. The van der Waals surface area contributed by atoms with E-state index in [1.54, 1.807) is 0 Å². The molecule has 0 aromatic heterocycles. The summed E-state index contributed by atoms with van der Waals surface area (Å²) in [6, 6.07) is 5.76. The molecule has 1 aliphatic rings. The SMILES string of the molecule is Cc1ccc(C(=O)NN=C2CCCCCCC2)cc1C. The predicted molar refractivity (Wildman–Crippen MR) is 83.1 cm³/mol. The van der Waals surface area contributed by atoms with Crippen LogP contribution in [0.3, 0.4) is 0 Å². The monoisotopic (exact) mass is 272 g/mol. The molecule has 0 bridgehead atoms. The lowest BCUT2D eigenvalue weighted by Gasteiger charge is -2.11. The molecule has 1 aromatic carbocycles. The molecule has 0 aliphatic heterocycles. The Morgan fingerprint density at radius 3 is 2.30 bits per heavy atom. The number of nitrogens with zero attached hydrogens (tertiary/aromatic N) is 1. The van der Waals surface area contributed by atoms with Gasteiger partial charge in [-0.25, -0.2) is 5.43 Å². The first-order valence-electron chi connectivity index (χ1n) is 7.60. The molecule has 1 aliphatic carbocycles. The van der Waals surface area contributed by atoms with E-state index in [9.17, 15) is 4.79 Å². The average Bonchev–Trinajstić information content (AvgIpc) is 2.40. The number of hydrazone groups is 1. The molecule has 20 heavy (non-hydrogen) atoms. The van der Waals surface area contributed by atoms with Crippen molar-refractivity contribution in [1.82, 2.24) is 5.43 Å². The summed E-state index contributed by atoms with van der Waals surface area (Å²) in [4.78, 5) is 12.1. The lowest BCUT2D eigenvalue weighted by Crippen LogP contribution is -2.20. The van der Waals surface area contributed by atoms with E-state index in [1.165, 1.54) is 37.7 Å². The van der Waals surface area contributed by atoms with Crippen LogP contribution >= 0.6 is 0 Å². The minimum Gasteiger partial charge on any atom is -0.267 e. The van der Waals surface area contributed by atoms with E-state index in [2.05, 4.69) is 10.5 Å². The third-order valence-corrected chi connectivity index (χ3v) is 4.02. The molecule has 2 rings (SSSR count). The third kappa shape index (κ3) is 4.19. The van der Waals surface area contributed by atoms with E-state index in [0.29, 0.717) is 5.56 Å². The van der Waals surface area contributed by atoms with Crippen LogP contribution < -0.4 is 5.43 Å². The van der Waals surface area contributed by atoms with Crippen LogP contribution in [-0.2, 0) is 0 Å². The van der Waals surface area contributed by atoms with Crippen molar-refractivity contribution in [1.29, 1.82) is 0 Å². The number of rotatable bonds is 2. The highest BCUT2D eigenvalue weighted by Gasteiger charge is 2.08. The topological polar surface area (TPSA) is 41.5 Å². The second-order valence-corrected chi connectivity index (χ2v) is 5.69. The molecule has 1 aromatic rings. The molecule has 3 nitrogen and oxygen atoms in total. The fraction of sp³-hybridized carbons (Fsp3) is 0.529. The molecular formula is C17H24N2O. The maximum atomic E-state index is 12.1. The molecule has 1 fully saturated rings. The van der Waals surface area contributed by atoms with Crippen LogP contribution in [0.25, 0.3) is 0 Å². The Labute approximate surface area is 121 Å². The maximum Gasteiger partial charge on any atom is 0.271 e. The number of carbonyl (C=O) groups excluding carboxylic acids is 1. The number of carbonyl (C=O) groups is 1. The lowest BCUT2D eigenvalue weighted by molar-refractivity contribution is 0.0954. The zero-order valence-electron chi connectivity index (χ0n) is 12.5. The zero-order chi connectivity index (χ0) is 14.4. The normalized spacial score (nSPS) is 16.2. The van der Waals surface area contributed by atoms with Crippen molar-refractivity contribution in [3.8, 4) is 0 Å². The first-order valence-corrected chi connectivity index (χ1v) is 7.60. The highest BCUT2D eigenvalue weighted by atomic mass is 16.2. The average molecular weight is 272 g/mol. The van der Waals surface area contributed by atoms with E-state index in [0.717, 1.165) is 24.1 Å². The largest absolute Gasteiger partial charge is 0.271 e. The van der Waals surface area contributed by atoms with Gasteiger partial charge in [-0.05, 0) is 62.8 Å². The van der Waals surface area contributed by atoms with Crippen molar-refractivity contribution in [2.24, 2.45) is 5.10 Å². The highest BCUT2D eigenvalue weighted by molar-refractivity contribution is 5.95. The molecule has 1 N–H and O–H groups in total. The number of benzene rings is 1. The molecule has 0 radical (unpaired) electrons. The van der Waals surface area contributed by atoms with Gasteiger partial charge in [0.1, 0.15) is 0 Å². The molecule has 1 amide bonds. The Kier molecular flexibility index (Phi) is 5.33. The van der Waals surface area contributed by atoms with E-state index >= 15 is 0 Å². The molecule has 0 heterocycles. The van der Waals surface area contributed by atoms with Gasteiger partial charge >= 0.3 is 0 Å². The minimum absolute atomic E-state index is 0.109. The van der Waals surface area contributed by atoms with Gasteiger partial charge in [0.05, 0.1) is 0 Å². The van der Waals surface area contributed by atoms with Gasteiger partial charge in [0.15, 0.2) is 0 Å². The van der Waals surface area contributed by atoms with Gasteiger partial charge in [0.25, 0.3) is 5.91 Å². The van der Waals surface area contributed by atoms with Gasteiger partial charge < -0.3 is 0 Å². The van der Waals surface area contributed by atoms with Crippen LogP contribution in [0.5, 0.6) is 0 Å². The van der Waals surface area contributed by atoms with Gasteiger partial charge in [-0.2, -0.15) is 5.10 Å². The smallest absolute Gasteiger partial charge is 0.267 e. The zero-order valence-corrected chi connectivity index (χ0v) is 12.5. The molecule has 108 valence electrons. The van der Waals surface area contributed by atoms with Crippen LogP contribution in [0.4, 0.5) is 0 Å². The van der Waals surface area contributed by atoms with E-state index < -0.39 is 0 Å². The van der Waals surface area contributed by atoms with Crippen molar-refractivity contribution in [2.75, 3.05) is 0 Å². The van der Waals surface area contributed by atoms with Crippen molar-refractivity contribution in [3.63, 3.8) is 0 Å². The summed E-state index contributed by atoms with van der Waals surface area (Å²) >= 11 is 0. The summed E-state index contributed by atoms with van der Waals surface area (Å²) < 4.78 is 0. The first-order chi connectivity index (χ1) is 9.66. The Bertz CT molecular complexity index is 496.